The summed E-state index contributed by atoms with van der Waals surface area (Å²) in [5.41, 5.74) is 0. The SMILES string of the molecule is O=C(C1CCCCC1)[C@H]1CCCC[C@H]1CC1CCCCC1. The van der Waals surface area contributed by atoms with Gasteiger partial charge in [-0.1, -0.05) is 64.2 Å². The zero-order chi connectivity index (χ0) is 14.5. The third-order valence-electron chi connectivity index (χ3n) is 6.64. The van der Waals surface area contributed by atoms with Crippen LogP contribution in [0.25, 0.3) is 0 Å². The van der Waals surface area contributed by atoms with E-state index in [9.17, 15) is 4.79 Å². The van der Waals surface area contributed by atoms with Gasteiger partial charge in [0.2, 0.25) is 0 Å². The topological polar surface area (TPSA) is 17.1 Å². The molecule has 120 valence electrons. The average molecular weight is 290 g/mol. The molecule has 0 amide bonds. The molecule has 0 aliphatic heterocycles. The van der Waals surface area contributed by atoms with Gasteiger partial charge in [0.1, 0.15) is 5.78 Å². The second-order valence-electron chi connectivity index (χ2n) is 8.13. The molecule has 21 heavy (non-hydrogen) atoms. The van der Waals surface area contributed by atoms with Crippen LogP contribution < -0.4 is 0 Å². The van der Waals surface area contributed by atoms with E-state index in [0.717, 1.165) is 11.8 Å². The van der Waals surface area contributed by atoms with Crippen molar-refractivity contribution in [2.24, 2.45) is 23.7 Å². The van der Waals surface area contributed by atoms with Crippen molar-refractivity contribution in [3.05, 3.63) is 0 Å². The molecular formula is C20H34O. The number of ketones is 1. The maximum atomic E-state index is 13.0. The van der Waals surface area contributed by atoms with Gasteiger partial charge in [0.05, 0.1) is 0 Å². The summed E-state index contributed by atoms with van der Waals surface area (Å²) in [6.45, 7) is 0. The minimum Gasteiger partial charge on any atom is -0.299 e. The van der Waals surface area contributed by atoms with Crippen LogP contribution in [-0.2, 0) is 4.79 Å². The normalized spacial score (nSPS) is 33.0. The lowest BCUT2D eigenvalue weighted by Crippen LogP contribution is -2.34. The summed E-state index contributed by atoms with van der Waals surface area (Å²) < 4.78 is 0. The Bertz CT molecular complexity index is 323. The van der Waals surface area contributed by atoms with Crippen molar-refractivity contribution >= 4 is 5.78 Å². The first-order valence-corrected chi connectivity index (χ1v) is 9.88. The highest BCUT2D eigenvalue weighted by atomic mass is 16.1. The second kappa shape index (κ2) is 7.79. The van der Waals surface area contributed by atoms with Crippen LogP contribution in [0.2, 0.25) is 0 Å². The Labute approximate surface area is 131 Å². The van der Waals surface area contributed by atoms with Crippen molar-refractivity contribution in [2.45, 2.75) is 96.3 Å². The van der Waals surface area contributed by atoms with E-state index in [0.29, 0.717) is 17.6 Å². The van der Waals surface area contributed by atoms with Gasteiger partial charge in [-0.3, -0.25) is 4.79 Å². The molecule has 0 aromatic rings. The predicted molar refractivity (Wildman–Crippen MR) is 88.2 cm³/mol. The number of hydrogen-bond donors (Lipinski definition) is 0. The molecule has 3 fully saturated rings. The molecule has 2 atom stereocenters. The van der Waals surface area contributed by atoms with Gasteiger partial charge in [-0.05, 0) is 43.9 Å². The van der Waals surface area contributed by atoms with Crippen LogP contribution in [0.15, 0.2) is 0 Å². The maximum absolute atomic E-state index is 13.0. The van der Waals surface area contributed by atoms with Gasteiger partial charge >= 0.3 is 0 Å². The van der Waals surface area contributed by atoms with Crippen LogP contribution >= 0.6 is 0 Å². The first-order chi connectivity index (χ1) is 10.3. The maximum Gasteiger partial charge on any atom is 0.139 e. The van der Waals surface area contributed by atoms with E-state index >= 15 is 0 Å². The molecule has 0 heterocycles. The molecule has 3 aliphatic carbocycles. The van der Waals surface area contributed by atoms with Crippen molar-refractivity contribution in [1.82, 2.24) is 0 Å². The largest absolute Gasteiger partial charge is 0.299 e. The zero-order valence-corrected chi connectivity index (χ0v) is 13.8. The van der Waals surface area contributed by atoms with Gasteiger partial charge in [0.15, 0.2) is 0 Å². The van der Waals surface area contributed by atoms with E-state index in [1.165, 1.54) is 96.3 Å². The van der Waals surface area contributed by atoms with Crippen molar-refractivity contribution in [3.63, 3.8) is 0 Å². The first-order valence-electron chi connectivity index (χ1n) is 9.88. The molecule has 0 saturated heterocycles. The molecule has 3 saturated carbocycles. The lowest BCUT2D eigenvalue weighted by atomic mass is 9.68. The van der Waals surface area contributed by atoms with Gasteiger partial charge < -0.3 is 0 Å². The summed E-state index contributed by atoms with van der Waals surface area (Å²) in [5.74, 6) is 3.27. The molecule has 0 aromatic carbocycles. The molecule has 1 heteroatoms. The van der Waals surface area contributed by atoms with Crippen LogP contribution in [0.3, 0.4) is 0 Å². The predicted octanol–water partition coefficient (Wildman–Crippen LogP) is 5.91. The summed E-state index contributed by atoms with van der Waals surface area (Å²) in [6, 6.07) is 0. The van der Waals surface area contributed by atoms with Crippen LogP contribution in [-0.4, -0.2) is 5.78 Å². The molecule has 0 aromatic heterocycles. The van der Waals surface area contributed by atoms with Crippen LogP contribution in [0.5, 0.6) is 0 Å². The molecule has 0 unspecified atom stereocenters. The Balaban J connectivity index is 1.58. The van der Waals surface area contributed by atoms with Crippen molar-refractivity contribution < 1.29 is 4.79 Å². The molecule has 0 N–H and O–H groups in total. The van der Waals surface area contributed by atoms with E-state index in [-0.39, 0.29) is 0 Å². The van der Waals surface area contributed by atoms with Crippen molar-refractivity contribution in [2.75, 3.05) is 0 Å². The summed E-state index contributed by atoms with van der Waals surface area (Å²) in [6.07, 6.45) is 20.2. The quantitative estimate of drug-likeness (QED) is 0.628. The Morgan fingerprint density at radius 1 is 0.667 bits per heavy atom. The van der Waals surface area contributed by atoms with E-state index in [1.54, 1.807) is 0 Å². The van der Waals surface area contributed by atoms with Gasteiger partial charge in [0, 0.05) is 11.8 Å². The summed E-state index contributed by atoms with van der Waals surface area (Å²) in [5, 5.41) is 0. The van der Waals surface area contributed by atoms with Crippen LogP contribution in [0.4, 0.5) is 0 Å². The number of carbonyl (C=O) groups is 1. The Kier molecular flexibility index (Phi) is 5.77. The zero-order valence-electron chi connectivity index (χ0n) is 13.8. The fourth-order valence-electron chi connectivity index (χ4n) is 5.41. The van der Waals surface area contributed by atoms with Crippen LogP contribution in [0, 0.1) is 23.7 Å². The summed E-state index contributed by atoms with van der Waals surface area (Å²) >= 11 is 0. The number of rotatable bonds is 4. The minimum atomic E-state index is 0.440. The smallest absolute Gasteiger partial charge is 0.139 e. The highest BCUT2D eigenvalue weighted by Crippen LogP contribution is 2.41. The molecular weight excluding hydrogens is 256 g/mol. The Hall–Kier alpha value is -0.330. The number of Topliss-reactive ketones (excluding diaryl/α,β-unsaturated/α-hetero) is 1. The average Bonchev–Trinajstić information content (AvgIpc) is 2.56. The lowest BCUT2D eigenvalue weighted by Gasteiger charge is -2.36. The third-order valence-corrected chi connectivity index (χ3v) is 6.64. The molecule has 0 spiro atoms. The minimum absolute atomic E-state index is 0.440. The van der Waals surface area contributed by atoms with Gasteiger partial charge in [0.25, 0.3) is 0 Å². The van der Waals surface area contributed by atoms with E-state index in [2.05, 4.69) is 0 Å². The molecule has 1 nitrogen and oxygen atoms in total. The van der Waals surface area contributed by atoms with Crippen molar-refractivity contribution in [3.8, 4) is 0 Å². The van der Waals surface area contributed by atoms with Gasteiger partial charge in [-0.25, -0.2) is 0 Å². The fraction of sp³-hybridized carbons (Fsp3) is 0.950. The Morgan fingerprint density at radius 3 is 1.95 bits per heavy atom. The molecule has 0 bridgehead atoms. The molecule has 3 aliphatic rings. The highest BCUT2D eigenvalue weighted by Gasteiger charge is 2.36. The fourth-order valence-corrected chi connectivity index (χ4v) is 5.41. The third kappa shape index (κ3) is 4.11. The van der Waals surface area contributed by atoms with Crippen molar-refractivity contribution in [1.29, 1.82) is 0 Å². The standard InChI is InChI=1S/C20H34O/c21-20(17-11-5-2-6-12-17)19-14-8-7-13-18(19)15-16-9-3-1-4-10-16/h16-19H,1-15H2/t18-,19-/m0/s1. The highest BCUT2D eigenvalue weighted by molar-refractivity contribution is 5.83. The second-order valence-corrected chi connectivity index (χ2v) is 8.13. The lowest BCUT2D eigenvalue weighted by molar-refractivity contribution is -0.131. The van der Waals surface area contributed by atoms with Crippen LogP contribution in [0.1, 0.15) is 96.3 Å². The van der Waals surface area contributed by atoms with E-state index < -0.39 is 0 Å². The number of hydrogen-bond acceptors (Lipinski definition) is 1. The Morgan fingerprint density at radius 2 is 1.24 bits per heavy atom. The van der Waals surface area contributed by atoms with Gasteiger partial charge in [-0.15, -0.1) is 0 Å². The monoisotopic (exact) mass is 290 g/mol. The van der Waals surface area contributed by atoms with E-state index in [4.69, 9.17) is 0 Å². The number of carbonyl (C=O) groups excluding carboxylic acids is 1. The van der Waals surface area contributed by atoms with E-state index in [1.807, 2.05) is 0 Å². The summed E-state index contributed by atoms with van der Waals surface area (Å²) in [7, 11) is 0. The molecule has 0 radical (unpaired) electrons. The molecule has 3 rings (SSSR count). The van der Waals surface area contributed by atoms with Gasteiger partial charge in [-0.2, -0.15) is 0 Å². The first kappa shape index (κ1) is 15.6. The summed E-state index contributed by atoms with van der Waals surface area (Å²) in [4.78, 5) is 13.0.